The van der Waals surface area contributed by atoms with E-state index in [1.807, 2.05) is 6.92 Å². The maximum absolute atomic E-state index is 11.9. The van der Waals surface area contributed by atoms with Gasteiger partial charge in [0.2, 0.25) is 5.91 Å². The Bertz CT molecular complexity index is 431. The van der Waals surface area contributed by atoms with Crippen molar-refractivity contribution in [2.45, 2.75) is 38.6 Å². The van der Waals surface area contributed by atoms with Crippen LogP contribution in [0.2, 0.25) is 0 Å². The van der Waals surface area contributed by atoms with Crippen molar-refractivity contribution < 1.29 is 19.2 Å². The highest BCUT2D eigenvalue weighted by Crippen LogP contribution is 2.19. The monoisotopic (exact) mass is 267 g/mol. The quantitative estimate of drug-likeness (QED) is 0.536. The lowest BCUT2D eigenvalue weighted by Crippen LogP contribution is -2.42. The molecule has 0 unspecified atom stereocenters. The van der Waals surface area contributed by atoms with E-state index in [0.717, 1.165) is 29.1 Å². The van der Waals surface area contributed by atoms with Crippen LogP contribution in [-0.4, -0.2) is 52.7 Å². The zero-order valence-electron chi connectivity index (χ0n) is 10.8. The van der Waals surface area contributed by atoms with E-state index in [4.69, 9.17) is 0 Å². The van der Waals surface area contributed by atoms with Gasteiger partial charge in [-0.05, 0) is 19.3 Å². The summed E-state index contributed by atoms with van der Waals surface area (Å²) in [6.45, 7) is 1.77. The van der Waals surface area contributed by atoms with Crippen molar-refractivity contribution in [3.05, 3.63) is 0 Å². The lowest BCUT2D eigenvalue weighted by atomic mass is 10.3. The average molecular weight is 267 g/mol. The van der Waals surface area contributed by atoms with E-state index in [0.29, 0.717) is 6.42 Å². The number of carbonyl (C=O) groups excluding carboxylic acids is 4. The molecule has 1 saturated heterocycles. The van der Waals surface area contributed by atoms with E-state index in [9.17, 15) is 19.2 Å². The number of nitrogens with one attached hydrogen (secondary N) is 1. The SMILES string of the molecule is CCCCN1C(=O)C(=O)N(CC(=O)NC2CC2)C1=O. The molecule has 104 valence electrons. The van der Waals surface area contributed by atoms with Crippen LogP contribution >= 0.6 is 0 Å². The third-order valence-corrected chi connectivity index (χ3v) is 3.11. The molecule has 1 N–H and O–H groups in total. The molecule has 0 atom stereocenters. The van der Waals surface area contributed by atoms with Crippen molar-refractivity contribution in [1.82, 2.24) is 15.1 Å². The molecule has 1 heterocycles. The Balaban J connectivity index is 1.96. The maximum atomic E-state index is 11.9. The predicted octanol–water partition coefficient (Wildman–Crippen LogP) is -0.144. The first-order chi connectivity index (χ1) is 9.04. The lowest BCUT2D eigenvalue weighted by molar-refractivity contribution is -0.144. The zero-order chi connectivity index (χ0) is 14.0. The number of hydrogen-bond acceptors (Lipinski definition) is 4. The molecule has 0 spiro atoms. The Morgan fingerprint density at radius 1 is 1.21 bits per heavy atom. The lowest BCUT2D eigenvalue weighted by Gasteiger charge is -2.14. The van der Waals surface area contributed by atoms with Crippen LogP contribution in [0.4, 0.5) is 4.79 Å². The average Bonchev–Trinajstić information content (AvgIpc) is 3.15. The standard InChI is InChI=1S/C12H17N3O4/c1-2-3-6-14-10(17)11(18)15(12(14)19)7-9(16)13-8-4-5-8/h8H,2-7H2,1H3,(H,13,16). The fourth-order valence-electron chi connectivity index (χ4n) is 1.85. The summed E-state index contributed by atoms with van der Waals surface area (Å²) in [6, 6.07) is -0.526. The Morgan fingerprint density at radius 2 is 1.84 bits per heavy atom. The number of hydrogen-bond donors (Lipinski definition) is 1. The fourth-order valence-corrected chi connectivity index (χ4v) is 1.85. The van der Waals surface area contributed by atoms with Gasteiger partial charge in [0.25, 0.3) is 0 Å². The molecular formula is C12H17N3O4. The summed E-state index contributed by atoms with van der Waals surface area (Å²) in [5.74, 6) is -2.14. The summed E-state index contributed by atoms with van der Waals surface area (Å²) in [7, 11) is 0. The van der Waals surface area contributed by atoms with Crippen LogP contribution in [0.5, 0.6) is 0 Å². The van der Waals surface area contributed by atoms with Gasteiger partial charge in [0.05, 0.1) is 0 Å². The van der Waals surface area contributed by atoms with E-state index in [2.05, 4.69) is 5.32 Å². The van der Waals surface area contributed by atoms with Gasteiger partial charge in [0, 0.05) is 12.6 Å². The summed E-state index contributed by atoms with van der Waals surface area (Å²) >= 11 is 0. The molecule has 7 nitrogen and oxygen atoms in total. The molecule has 1 aliphatic carbocycles. The molecule has 7 heteroatoms. The first kappa shape index (κ1) is 13.5. The number of unbranched alkanes of at least 4 members (excludes halogenated alkanes) is 1. The molecule has 0 aromatic carbocycles. The summed E-state index contributed by atoms with van der Waals surface area (Å²) in [4.78, 5) is 48.4. The number of amides is 5. The molecule has 2 aliphatic rings. The van der Waals surface area contributed by atoms with E-state index < -0.39 is 23.8 Å². The molecular weight excluding hydrogens is 250 g/mol. The van der Waals surface area contributed by atoms with Crippen LogP contribution in [0, 0.1) is 0 Å². The van der Waals surface area contributed by atoms with Crippen LogP contribution in [-0.2, 0) is 14.4 Å². The van der Waals surface area contributed by atoms with Gasteiger partial charge in [-0.3, -0.25) is 19.3 Å². The van der Waals surface area contributed by atoms with Crippen molar-refractivity contribution in [3.8, 4) is 0 Å². The molecule has 0 aromatic heterocycles. The fraction of sp³-hybridized carbons (Fsp3) is 0.667. The second kappa shape index (κ2) is 5.38. The summed E-state index contributed by atoms with van der Waals surface area (Å²) in [6.07, 6.45) is 3.31. The van der Waals surface area contributed by atoms with Gasteiger partial charge < -0.3 is 5.32 Å². The van der Waals surface area contributed by atoms with E-state index in [1.165, 1.54) is 0 Å². The third-order valence-electron chi connectivity index (χ3n) is 3.11. The van der Waals surface area contributed by atoms with Crippen molar-refractivity contribution in [2.24, 2.45) is 0 Å². The van der Waals surface area contributed by atoms with Gasteiger partial charge in [-0.2, -0.15) is 0 Å². The van der Waals surface area contributed by atoms with Gasteiger partial charge in [-0.25, -0.2) is 9.69 Å². The number of urea groups is 1. The minimum absolute atomic E-state index is 0.159. The zero-order valence-corrected chi connectivity index (χ0v) is 10.8. The number of imide groups is 2. The van der Waals surface area contributed by atoms with Crippen LogP contribution in [0.3, 0.4) is 0 Å². The highest BCUT2D eigenvalue weighted by atomic mass is 16.2. The normalized spacial score (nSPS) is 19.3. The summed E-state index contributed by atoms with van der Waals surface area (Å²) < 4.78 is 0. The Labute approximate surface area is 110 Å². The molecule has 19 heavy (non-hydrogen) atoms. The van der Waals surface area contributed by atoms with E-state index >= 15 is 0 Å². The Hall–Kier alpha value is -1.92. The largest absolute Gasteiger partial charge is 0.352 e. The second-order valence-corrected chi connectivity index (χ2v) is 4.83. The first-order valence-corrected chi connectivity index (χ1v) is 6.51. The number of nitrogens with zero attached hydrogens (tertiary/aromatic N) is 2. The highest BCUT2D eigenvalue weighted by molar-refractivity contribution is 6.45. The molecule has 5 amide bonds. The summed E-state index contributed by atoms with van der Waals surface area (Å²) in [5.41, 5.74) is 0. The van der Waals surface area contributed by atoms with Crippen LogP contribution < -0.4 is 5.32 Å². The summed E-state index contributed by atoms with van der Waals surface area (Å²) in [5, 5.41) is 2.68. The predicted molar refractivity (Wildman–Crippen MR) is 64.9 cm³/mol. The van der Waals surface area contributed by atoms with Crippen LogP contribution in [0.25, 0.3) is 0 Å². The topological polar surface area (TPSA) is 86.8 Å². The molecule has 1 saturated carbocycles. The smallest absolute Gasteiger partial charge is 0.334 e. The van der Waals surface area contributed by atoms with Gasteiger partial charge in [-0.15, -0.1) is 0 Å². The van der Waals surface area contributed by atoms with Gasteiger partial charge in [0.15, 0.2) is 0 Å². The van der Waals surface area contributed by atoms with E-state index in [-0.39, 0.29) is 19.1 Å². The Kier molecular flexibility index (Phi) is 3.82. The molecule has 0 radical (unpaired) electrons. The molecule has 0 bridgehead atoms. The van der Waals surface area contributed by atoms with Crippen LogP contribution in [0.15, 0.2) is 0 Å². The Morgan fingerprint density at radius 3 is 2.42 bits per heavy atom. The highest BCUT2D eigenvalue weighted by Gasteiger charge is 2.44. The van der Waals surface area contributed by atoms with E-state index in [1.54, 1.807) is 0 Å². The van der Waals surface area contributed by atoms with Crippen molar-refractivity contribution in [3.63, 3.8) is 0 Å². The van der Waals surface area contributed by atoms with Crippen molar-refractivity contribution in [1.29, 1.82) is 0 Å². The van der Waals surface area contributed by atoms with Gasteiger partial charge in [-0.1, -0.05) is 13.3 Å². The molecule has 0 aromatic rings. The van der Waals surface area contributed by atoms with Crippen LogP contribution in [0.1, 0.15) is 32.6 Å². The minimum atomic E-state index is -0.910. The third kappa shape index (κ3) is 2.91. The maximum Gasteiger partial charge on any atom is 0.334 e. The number of rotatable bonds is 6. The van der Waals surface area contributed by atoms with Crippen molar-refractivity contribution in [2.75, 3.05) is 13.1 Å². The van der Waals surface area contributed by atoms with Crippen molar-refractivity contribution >= 4 is 23.8 Å². The second-order valence-electron chi connectivity index (χ2n) is 4.83. The molecule has 2 rings (SSSR count). The van der Waals surface area contributed by atoms with Gasteiger partial charge >= 0.3 is 17.8 Å². The minimum Gasteiger partial charge on any atom is -0.352 e. The molecule has 2 fully saturated rings. The van der Waals surface area contributed by atoms with Gasteiger partial charge in [0.1, 0.15) is 6.54 Å². The molecule has 1 aliphatic heterocycles. The number of carbonyl (C=O) groups is 4. The first-order valence-electron chi connectivity index (χ1n) is 6.51.